The highest BCUT2D eigenvalue weighted by molar-refractivity contribution is 6.52. The molecule has 0 aliphatic carbocycles. The van der Waals surface area contributed by atoms with Crippen LogP contribution in [0.25, 0.3) is 68.6 Å². The van der Waals surface area contributed by atoms with Crippen molar-refractivity contribution < 1.29 is 18.6 Å². The zero-order chi connectivity index (χ0) is 43.6. The number of rotatable bonds is 8. The van der Waals surface area contributed by atoms with E-state index in [2.05, 4.69) is 188 Å². The molecule has 0 amide bonds. The first kappa shape index (κ1) is 41.8. The summed E-state index contributed by atoms with van der Waals surface area (Å²) in [7, 11) is -0.893. The van der Waals surface area contributed by atoms with E-state index in [0.29, 0.717) is 12.8 Å². The molecule has 9 rings (SSSR count). The smallest absolute Gasteiger partial charge is 0.400 e. The number of aryl methyl sites for hydroxylation is 2. The molecule has 3 aromatic heterocycles. The van der Waals surface area contributed by atoms with Gasteiger partial charge in [-0.3, -0.25) is 0 Å². The van der Waals surface area contributed by atoms with E-state index in [1.54, 1.807) is 0 Å². The molecule has 2 fully saturated rings. The van der Waals surface area contributed by atoms with Crippen molar-refractivity contribution in [3.8, 4) is 22.3 Å². The summed E-state index contributed by atoms with van der Waals surface area (Å²) in [5, 5.41) is 0. The Kier molecular flexibility index (Phi) is 10.6. The molecule has 0 saturated carbocycles. The molecule has 5 aromatic rings. The third kappa shape index (κ3) is 7.90. The molecular formula is C52H56B2N4O4. The van der Waals surface area contributed by atoms with Gasteiger partial charge in [0.15, 0.2) is 0 Å². The van der Waals surface area contributed by atoms with E-state index >= 15 is 0 Å². The number of nitrogens with one attached hydrogen (secondary N) is 2. The zero-order valence-corrected chi connectivity index (χ0v) is 37.6. The highest BCUT2D eigenvalue weighted by atomic mass is 16.7. The number of hydrogen-bond donors (Lipinski definition) is 2. The zero-order valence-electron chi connectivity index (χ0n) is 37.6. The largest absolute Gasteiger partial charge is 0.486 e. The van der Waals surface area contributed by atoms with Gasteiger partial charge in [-0.2, -0.15) is 0 Å². The number of allylic oxidation sites excluding steroid dienone is 2. The minimum atomic E-state index is -0.453. The molecule has 0 atom stereocenters. The molecule has 62 heavy (non-hydrogen) atoms. The Hall–Kier alpha value is -5.51. The lowest BCUT2D eigenvalue weighted by molar-refractivity contribution is 0.00578. The minimum absolute atomic E-state index is 0.419. The number of fused-ring (bicyclic) bond motifs is 8. The molecule has 4 aliphatic rings. The van der Waals surface area contributed by atoms with Crippen LogP contribution in [-0.4, -0.2) is 56.6 Å². The first-order valence-electron chi connectivity index (χ1n) is 21.8. The van der Waals surface area contributed by atoms with Crippen molar-refractivity contribution in [3.05, 3.63) is 142 Å². The molecule has 4 aliphatic heterocycles. The van der Waals surface area contributed by atoms with Crippen LogP contribution in [0.5, 0.6) is 0 Å². The maximum Gasteiger partial charge on any atom is 0.486 e. The summed E-state index contributed by atoms with van der Waals surface area (Å²) < 4.78 is 25.3. The van der Waals surface area contributed by atoms with Crippen molar-refractivity contribution in [3.63, 3.8) is 0 Å². The molecular weight excluding hydrogens is 766 g/mol. The second kappa shape index (κ2) is 15.7. The number of hydrogen-bond acceptors (Lipinski definition) is 6. The summed E-state index contributed by atoms with van der Waals surface area (Å²) in [6, 6.07) is 26.0. The van der Waals surface area contributed by atoms with Crippen molar-refractivity contribution in [1.29, 1.82) is 0 Å². The van der Waals surface area contributed by atoms with Gasteiger partial charge in [0.2, 0.25) is 0 Å². The van der Waals surface area contributed by atoms with Gasteiger partial charge in [-0.1, -0.05) is 83.8 Å². The maximum atomic E-state index is 6.34. The van der Waals surface area contributed by atoms with Gasteiger partial charge in [0, 0.05) is 44.3 Å². The van der Waals surface area contributed by atoms with Crippen LogP contribution in [0, 0.1) is 13.8 Å². The van der Waals surface area contributed by atoms with Crippen molar-refractivity contribution in [2.75, 3.05) is 0 Å². The minimum Gasteiger partial charge on any atom is -0.400 e. The second-order valence-corrected chi connectivity index (χ2v) is 19.0. The van der Waals surface area contributed by atoms with Crippen LogP contribution in [0.1, 0.15) is 100 Å². The number of nitrogens with zero attached hydrogens (tertiary/aromatic N) is 2. The predicted octanol–water partition coefficient (Wildman–Crippen LogP) is 12.1. The van der Waals surface area contributed by atoms with E-state index in [1.165, 1.54) is 11.1 Å². The van der Waals surface area contributed by atoms with Gasteiger partial charge in [-0.25, -0.2) is 9.97 Å². The van der Waals surface area contributed by atoms with Crippen molar-refractivity contribution in [2.45, 2.75) is 104 Å². The Morgan fingerprint density at radius 2 is 0.790 bits per heavy atom. The van der Waals surface area contributed by atoms with Gasteiger partial charge in [0.05, 0.1) is 45.2 Å². The summed E-state index contributed by atoms with van der Waals surface area (Å²) >= 11 is 0. The Labute approximate surface area is 366 Å². The van der Waals surface area contributed by atoms with Crippen LogP contribution >= 0.6 is 0 Å². The van der Waals surface area contributed by atoms with Gasteiger partial charge in [0.1, 0.15) is 0 Å². The van der Waals surface area contributed by atoms with Gasteiger partial charge in [-0.05, 0) is 142 Å². The molecule has 0 radical (unpaired) electrons. The molecule has 10 heteroatoms. The quantitative estimate of drug-likeness (QED) is 0.148. The standard InChI is InChI=1S/C52H56B2N4O4/c1-33-15-19-35(20-16-33)47-43-27-23-39(55-43)37(13-11-31-53-59-49(3,4)50(5,6)60-53)41-25-29-45(57-41)48(36-21-17-34(2)18-22-36)46-30-26-42(58-46)38(40-24-28-44(47)56-40)14-12-32-54-61-51(7,8)52(9,10)62-54/h11-12,15-32,55,57H,13-14H2,1-10H3/b31-11+,32-12+,39-37?,40-38?,41-37?,42-38?,47-43?,47-44?,48-45?,48-46?. The summed E-state index contributed by atoms with van der Waals surface area (Å²) in [4.78, 5) is 18.5. The van der Waals surface area contributed by atoms with Gasteiger partial charge >= 0.3 is 14.2 Å². The first-order chi connectivity index (χ1) is 29.5. The lowest BCUT2D eigenvalue weighted by Gasteiger charge is -2.32. The third-order valence-electron chi connectivity index (χ3n) is 13.4. The van der Waals surface area contributed by atoms with E-state index in [0.717, 1.165) is 78.2 Å². The highest BCUT2D eigenvalue weighted by Crippen LogP contribution is 2.39. The molecule has 0 spiro atoms. The highest BCUT2D eigenvalue weighted by Gasteiger charge is 2.51. The maximum absolute atomic E-state index is 6.34. The molecule has 8 nitrogen and oxygen atoms in total. The Bertz CT molecular complexity index is 2670. The van der Waals surface area contributed by atoms with Crippen LogP contribution < -0.4 is 0 Å². The average Bonchev–Trinajstić information content (AvgIpc) is 4.07. The second-order valence-electron chi connectivity index (χ2n) is 19.0. The molecule has 314 valence electrons. The van der Waals surface area contributed by atoms with Gasteiger partial charge < -0.3 is 28.6 Å². The number of H-pyrrole nitrogens is 2. The third-order valence-corrected chi connectivity index (χ3v) is 13.4. The number of aromatic amines is 2. The Balaban J connectivity index is 1.27. The predicted molar refractivity (Wildman–Crippen MR) is 257 cm³/mol. The molecule has 2 N–H and O–H groups in total. The first-order valence-corrected chi connectivity index (χ1v) is 21.8. The van der Waals surface area contributed by atoms with Gasteiger partial charge in [-0.15, -0.1) is 0 Å². The summed E-state index contributed by atoms with van der Waals surface area (Å²) in [5.74, 6) is 4.05. The summed E-state index contributed by atoms with van der Waals surface area (Å²) in [6.07, 6.45) is 14.0. The van der Waals surface area contributed by atoms with Crippen molar-refractivity contribution >= 4 is 60.6 Å². The fraction of sp³-hybridized carbons (Fsp3) is 0.308. The topological polar surface area (TPSA) is 94.3 Å². The molecule has 0 unspecified atom stereocenters. The van der Waals surface area contributed by atoms with Crippen LogP contribution in [0.4, 0.5) is 0 Å². The molecule has 8 bridgehead atoms. The molecule has 7 heterocycles. The van der Waals surface area contributed by atoms with Gasteiger partial charge in [0.25, 0.3) is 0 Å². The van der Waals surface area contributed by atoms with Crippen molar-refractivity contribution in [2.24, 2.45) is 0 Å². The number of aromatic nitrogens is 4. The summed E-state index contributed by atoms with van der Waals surface area (Å²) in [6.45, 7) is 20.9. The van der Waals surface area contributed by atoms with Crippen molar-refractivity contribution in [1.82, 2.24) is 19.9 Å². The summed E-state index contributed by atoms with van der Waals surface area (Å²) in [5.41, 5.74) is 14.4. The van der Waals surface area contributed by atoms with Crippen LogP contribution in [-0.2, 0) is 31.5 Å². The Morgan fingerprint density at radius 1 is 0.452 bits per heavy atom. The van der Waals surface area contributed by atoms with E-state index in [9.17, 15) is 0 Å². The van der Waals surface area contributed by atoms with E-state index in [4.69, 9.17) is 28.6 Å². The SMILES string of the molecule is Cc1ccc(-c2c3nc(c(C/C=C/B4OC(C)(C)C(C)(C)O4)c4nc(c(-c5ccc(C)cc5)c5ccc([nH]5)c(C/C=C/B5OC(C)(C)C(C)(C)O5)c5ccc2[nH]5)C=C4)C=C3)cc1. The fourth-order valence-corrected chi connectivity index (χ4v) is 8.33. The monoisotopic (exact) mass is 822 g/mol. The molecule has 2 aromatic carbocycles. The normalized spacial score (nSPS) is 18.5. The van der Waals surface area contributed by atoms with E-state index in [-0.39, 0.29) is 0 Å². The van der Waals surface area contributed by atoms with E-state index in [1.807, 2.05) is 12.0 Å². The fourth-order valence-electron chi connectivity index (χ4n) is 8.33. The average molecular weight is 823 g/mol. The lowest BCUT2D eigenvalue weighted by atomic mass is 9.89. The van der Waals surface area contributed by atoms with Crippen LogP contribution in [0.2, 0.25) is 0 Å². The lowest BCUT2D eigenvalue weighted by Crippen LogP contribution is -2.41. The number of benzene rings is 2. The van der Waals surface area contributed by atoms with E-state index < -0.39 is 36.6 Å². The van der Waals surface area contributed by atoms with Crippen LogP contribution in [0.3, 0.4) is 0 Å². The Morgan fingerprint density at radius 3 is 1.18 bits per heavy atom. The van der Waals surface area contributed by atoms with Crippen LogP contribution in [0.15, 0.2) is 96.9 Å². The molecule has 2 saturated heterocycles.